The Hall–Kier alpha value is -2.42. The molecule has 2 N–H and O–H groups in total. The van der Waals surface area contributed by atoms with Crippen LogP contribution in [0.5, 0.6) is 0 Å². The summed E-state index contributed by atoms with van der Waals surface area (Å²) in [5.74, 6) is -1.58. The molecule has 2 aromatic heterocycles. The summed E-state index contributed by atoms with van der Waals surface area (Å²) in [5.41, 5.74) is -2.68. The zero-order chi connectivity index (χ0) is 18.0. The SMILES string of the molecule is CC(NC(=O)CC(O)(c1nccn1C)C(F)(F)F)c1ccncc1. The van der Waals surface area contributed by atoms with E-state index in [-0.39, 0.29) is 0 Å². The van der Waals surface area contributed by atoms with E-state index in [2.05, 4.69) is 15.3 Å². The van der Waals surface area contributed by atoms with E-state index in [1.807, 2.05) is 0 Å². The van der Waals surface area contributed by atoms with Crippen LogP contribution in [0.1, 0.15) is 30.8 Å². The lowest BCUT2D eigenvalue weighted by Gasteiger charge is -2.29. The number of imidazole rings is 1. The molecule has 2 unspecified atom stereocenters. The normalized spacial score (nSPS) is 15.6. The number of aliphatic hydroxyl groups is 1. The summed E-state index contributed by atoms with van der Waals surface area (Å²) in [6, 6.07) is 2.75. The first-order valence-electron chi connectivity index (χ1n) is 7.11. The number of carbonyl (C=O) groups is 1. The summed E-state index contributed by atoms with van der Waals surface area (Å²) in [7, 11) is 1.32. The third-order valence-corrected chi connectivity index (χ3v) is 3.66. The Balaban J connectivity index is 2.19. The number of amides is 1. The van der Waals surface area contributed by atoms with E-state index in [0.717, 1.165) is 10.8 Å². The fourth-order valence-corrected chi connectivity index (χ4v) is 2.33. The van der Waals surface area contributed by atoms with Crippen LogP contribution in [-0.2, 0) is 17.4 Å². The fourth-order valence-electron chi connectivity index (χ4n) is 2.33. The molecule has 130 valence electrons. The predicted molar refractivity (Wildman–Crippen MR) is 78.6 cm³/mol. The maximum atomic E-state index is 13.4. The van der Waals surface area contributed by atoms with E-state index in [4.69, 9.17) is 0 Å². The number of nitrogens with zero attached hydrogens (tertiary/aromatic N) is 3. The molecule has 0 spiro atoms. The van der Waals surface area contributed by atoms with Gasteiger partial charge >= 0.3 is 6.18 Å². The second-order valence-corrected chi connectivity index (χ2v) is 5.47. The first-order chi connectivity index (χ1) is 11.1. The number of halogens is 3. The molecule has 24 heavy (non-hydrogen) atoms. The predicted octanol–water partition coefficient (Wildman–Crippen LogP) is 1.83. The zero-order valence-corrected chi connectivity index (χ0v) is 13.1. The Morgan fingerprint density at radius 2 is 1.96 bits per heavy atom. The van der Waals surface area contributed by atoms with Crippen LogP contribution in [0.2, 0.25) is 0 Å². The van der Waals surface area contributed by atoms with E-state index < -0.39 is 36.0 Å². The summed E-state index contributed by atoms with van der Waals surface area (Å²) in [6.45, 7) is 1.63. The second-order valence-electron chi connectivity index (χ2n) is 5.47. The van der Waals surface area contributed by atoms with E-state index in [9.17, 15) is 23.1 Å². The standard InChI is InChI=1S/C15H17F3N4O2/c1-10(11-3-5-19-6-4-11)21-12(23)9-14(24,15(16,17)18)13-20-7-8-22(13)2/h3-8,10,24H,9H2,1-2H3,(H,21,23). The van der Waals surface area contributed by atoms with Gasteiger partial charge in [0.05, 0.1) is 12.5 Å². The van der Waals surface area contributed by atoms with Crippen molar-refractivity contribution in [1.82, 2.24) is 19.9 Å². The molecule has 2 atom stereocenters. The van der Waals surface area contributed by atoms with Crippen molar-refractivity contribution in [1.29, 1.82) is 0 Å². The first kappa shape index (κ1) is 17.9. The Bertz CT molecular complexity index is 702. The Kier molecular flexibility index (Phi) is 4.93. The van der Waals surface area contributed by atoms with E-state index in [1.165, 1.54) is 25.6 Å². The van der Waals surface area contributed by atoms with Crippen LogP contribution in [0, 0.1) is 0 Å². The van der Waals surface area contributed by atoms with Crippen LogP contribution in [0.4, 0.5) is 13.2 Å². The molecule has 0 aliphatic carbocycles. The summed E-state index contributed by atoms with van der Waals surface area (Å²) >= 11 is 0. The van der Waals surface area contributed by atoms with Crippen molar-refractivity contribution in [3.8, 4) is 0 Å². The molecular formula is C15H17F3N4O2. The van der Waals surface area contributed by atoms with Crippen molar-refractivity contribution < 1.29 is 23.1 Å². The van der Waals surface area contributed by atoms with Gasteiger partial charge in [-0.2, -0.15) is 13.2 Å². The van der Waals surface area contributed by atoms with Gasteiger partial charge in [0.2, 0.25) is 11.5 Å². The highest BCUT2D eigenvalue weighted by molar-refractivity contribution is 5.77. The van der Waals surface area contributed by atoms with Gasteiger partial charge in [-0.3, -0.25) is 9.78 Å². The minimum absolute atomic E-state index is 0.528. The van der Waals surface area contributed by atoms with Crippen LogP contribution < -0.4 is 5.32 Å². The van der Waals surface area contributed by atoms with Crippen LogP contribution in [0.15, 0.2) is 36.9 Å². The maximum Gasteiger partial charge on any atom is 0.425 e. The number of alkyl halides is 3. The molecule has 0 aromatic carbocycles. The number of carbonyl (C=O) groups excluding carboxylic acids is 1. The molecule has 2 rings (SSSR count). The fraction of sp³-hybridized carbons (Fsp3) is 0.400. The monoisotopic (exact) mass is 342 g/mol. The quantitative estimate of drug-likeness (QED) is 0.869. The molecule has 6 nitrogen and oxygen atoms in total. The lowest BCUT2D eigenvalue weighted by Crippen LogP contribution is -2.48. The molecule has 0 bridgehead atoms. The van der Waals surface area contributed by atoms with Crippen molar-refractivity contribution in [2.45, 2.75) is 31.2 Å². The van der Waals surface area contributed by atoms with E-state index in [0.29, 0.717) is 5.56 Å². The van der Waals surface area contributed by atoms with Gasteiger partial charge in [-0.25, -0.2) is 4.98 Å². The Labute approximate surface area is 136 Å². The van der Waals surface area contributed by atoms with Gasteiger partial charge in [-0.15, -0.1) is 0 Å². The van der Waals surface area contributed by atoms with Crippen LogP contribution in [-0.4, -0.2) is 31.7 Å². The minimum Gasteiger partial charge on any atom is -0.374 e. The summed E-state index contributed by atoms with van der Waals surface area (Å²) in [4.78, 5) is 19.5. The minimum atomic E-state index is -5.05. The van der Waals surface area contributed by atoms with Crippen molar-refractivity contribution in [3.05, 3.63) is 48.3 Å². The Morgan fingerprint density at radius 3 is 2.46 bits per heavy atom. The number of pyridine rings is 1. The molecule has 0 saturated heterocycles. The number of nitrogens with one attached hydrogen (secondary N) is 1. The molecule has 0 aliphatic heterocycles. The van der Waals surface area contributed by atoms with Crippen LogP contribution in [0.25, 0.3) is 0 Å². The zero-order valence-electron chi connectivity index (χ0n) is 13.1. The van der Waals surface area contributed by atoms with Crippen molar-refractivity contribution in [2.75, 3.05) is 0 Å². The van der Waals surface area contributed by atoms with Crippen molar-refractivity contribution in [2.24, 2.45) is 7.05 Å². The van der Waals surface area contributed by atoms with Crippen LogP contribution in [0.3, 0.4) is 0 Å². The van der Waals surface area contributed by atoms with Gasteiger partial charge in [0, 0.05) is 31.8 Å². The molecule has 0 saturated carbocycles. The maximum absolute atomic E-state index is 13.4. The highest BCUT2D eigenvalue weighted by atomic mass is 19.4. The number of aryl methyl sites for hydroxylation is 1. The van der Waals surface area contributed by atoms with Gasteiger partial charge in [0.15, 0.2) is 5.82 Å². The smallest absolute Gasteiger partial charge is 0.374 e. The number of aromatic nitrogens is 3. The van der Waals surface area contributed by atoms with E-state index in [1.54, 1.807) is 19.1 Å². The number of hydrogen-bond donors (Lipinski definition) is 2. The molecule has 2 aromatic rings. The van der Waals surface area contributed by atoms with E-state index >= 15 is 0 Å². The Morgan fingerprint density at radius 1 is 1.33 bits per heavy atom. The highest BCUT2D eigenvalue weighted by Crippen LogP contribution is 2.40. The average Bonchev–Trinajstić information content (AvgIpc) is 2.93. The molecule has 1 amide bonds. The highest BCUT2D eigenvalue weighted by Gasteiger charge is 2.58. The first-order valence-corrected chi connectivity index (χ1v) is 7.11. The second kappa shape index (κ2) is 6.60. The number of rotatable bonds is 5. The van der Waals surface area contributed by atoms with Gasteiger partial charge in [-0.05, 0) is 24.6 Å². The molecule has 9 heteroatoms. The van der Waals surface area contributed by atoms with Crippen molar-refractivity contribution in [3.63, 3.8) is 0 Å². The van der Waals surface area contributed by atoms with Gasteiger partial charge in [0.1, 0.15) is 0 Å². The van der Waals surface area contributed by atoms with Crippen LogP contribution >= 0.6 is 0 Å². The third kappa shape index (κ3) is 3.56. The largest absolute Gasteiger partial charge is 0.425 e. The summed E-state index contributed by atoms with van der Waals surface area (Å²) in [6.07, 6.45) is -0.816. The topological polar surface area (TPSA) is 80.0 Å². The molecule has 0 aliphatic rings. The summed E-state index contributed by atoms with van der Waals surface area (Å²) < 4.78 is 41.2. The molecule has 0 radical (unpaired) electrons. The third-order valence-electron chi connectivity index (χ3n) is 3.66. The molecular weight excluding hydrogens is 325 g/mol. The summed E-state index contributed by atoms with van der Waals surface area (Å²) in [5, 5.41) is 12.6. The molecule has 0 fully saturated rings. The molecule has 2 heterocycles. The number of hydrogen-bond acceptors (Lipinski definition) is 4. The van der Waals surface area contributed by atoms with Gasteiger partial charge in [-0.1, -0.05) is 0 Å². The van der Waals surface area contributed by atoms with Crippen molar-refractivity contribution >= 4 is 5.91 Å². The average molecular weight is 342 g/mol. The van der Waals surface area contributed by atoms with Gasteiger partial charge < -0.3 is 15.0 Å². The van der Waals surface area contributed by atoms with Gasteiger partial charge in [0.25, 0.3) is 0 Å². The lowest BCUT2D eigenvalue weighted by atomic mass is 9.96. The lowest BCUT2D eigenvalue weighted by molar-refractivity contribution is -0.271.